The number of carbonyl (C=O) groups is 3. The molecule has 0 aliphatic carbocycles. The lowest BCUT2D eigenvalue weighted by atomic mass is 9.77. The van der Waals surface area contributed by atoms with Crippen molar-refractivity contribution in [3.05, 3.63) is 60.6 Å². The number of benzene rings is 2. The van der Waals surface area contributed by atoms with Crippen LogP contribution in [0.2, 0.25) is 0 Å². The molecule has 0 saturated carbocycles. The van der Waals surface area contributed by atoms with E-state index in [1.54, 1.807) is 27.0 Å². The topological polar surface area (TPSA) is 122 Å². The van der Waals surface area contributed by atoms with Gasteiger partial charge in [-0.15, -0.1) is 0 Å². The van der Waals surface area contributed by atoms with Crippen LogP contribution in [-0.4, -0.2) is 62.0 Å². The van der Waals surface area contributed by atoms with Crippen LogP contribution < -0.4 is 5.32 Å². The Balaban J connectivity index is 1.41. The minimum absolute atomic E-state index is 0.0450. The average molecular weight is 561 g/mol. The summed E-state index contributed by atoms with van der Waals surface area (Å²) in [6, 6.07) is 13.1. The summed E-state index contributed by atoms with van der Waals surface area (Å²) in [6.45, 7) is 11.3. The Labute approximate surface area is 241 Å². The standard InChI is InChI=1S/C32H40N4O5/c1-31(2,3)25(15-28(38)41-32(4,5)6)30(40)36-18-24(37)14-27(36)29(39)34-16-20-7-9-21(10-8-20)22-11-12-26-23(13-22)17-33-19-35-26/h7-13,17,19,24-25,27,37H,14-16,18H2,1-6H3,(H,34,39)/t24-,25-,27+/m1/s1. The largest absolute Gasteiger partial charge is 0.460 e. The van der Waals surface area contributed by atoms with E-state index in [9.17, 15) is 19.5 Å². The third kappa shape index (κ3) is 7.67. The molecule has 4 rings (SSSR count). The lowest BCUT2D eigenvalue weighted by Crippen LogP contribution is -2.50. The normalized spacial score (nSPS) is 18.3. The highest BCUT2D eigenvalue weighted by Gasteiger charge is 2.44. The van der Waals surface area contributed by atoms with Crippen LogP contribution in [-0.2, 0) is 25.7 Å². The summed E-state index contributed by atoms with van der Waals surface area (Å²) in [6.07, 6.45) is 2.54. The third-order valence-electron chi connectivity index (χ3n) is 7.26. The number of likely N-dealkylation sites (tertiary alicyclic amines) is 1. The SMILES string of the molecule is CC(C)(C)OC(=O)C[C@H](C(=O)N1C[C@H](O)C[C@H]1C(=O)NCc1ccc(-c2ccc3ncncc3c2)cc1)C(C)(C)C. The van der Waals surface area contributed by atoms with E-state index >= 15 is 0 Å². The summed E-state index contributed by atoms with van der Waals surface area (Å²) in [5, 5.41) is 14.3. The first-order valence-electron chi connectivity index (χ1n) is 14.0. The highest BCUT2D eigenvalue weighted by molar-refractivity contribution is 5.91. The van der Waals surface area contributed by atoms with Crippen molar-refractivity contribution < 1.29 is 24.2 Å². The molecule has 1 fully saturated rings. The Kier molecular flexibility index (Phi) is 8.77. The fourth-order valence-electron chi connectivity index (χ4n) is 5.11. The summed E-state index contributed by atoms with van der Waals surface area (Å²) in [7, 11) is 0. The second kappa shape index (κ2) is 11.9. The number of carbonyl (C=O) groups excluding carboxylic acids is 3. The van der Waals surface area contributed by atoms with Gasteiger partial charge in [0.2, 0.25) is 11.8 Å². The molecule has 0 unspecified atom stereocenters. The van der Waals surface area contributed by atoms with Crippen molar-refractivity contribution in [1.82, 2.24) is 20.2 Å². The molecular formula is C32H40N4O5. The van der Waals surface area contributed by atoms with Crippen LogP contribution in [0.4, 0.5) is 0 Å². The van der Waals surface area contributed by atoms with Gasteiger partial charge in [-0.25, -0.2) is 9.97 Å². The lowest BCUT2D eigenvalue weighted by Gasteiger charge is -2.35. The average Bonchev–Trinajstić information content (AvgIpc) is 3.30. The van der Waals surface area contributed by atoms with Gasteiger partial charge in [0, 0.05) is 31.1 Å². The first-order chi connectivity index (χ1) is 19.2. The Morgan fingerprint density at radius 3 is 2.39 bits per heavy atom. The number of amides is 2. The molecule has 218 valence electrons. The number of aliphatic hydroxyl groups excluding tert-OH is 1. The van der Waals surface area contributed by atoms with Gasteiger partial charge in [0.1, 0.15) is 18.0 Å². The van der Waals surface area contributed by atoms with Gasteiger partial charge in [-0.3, -0.25) is 14.4 Å². The first kappa shape index (κ1) is 30.1. The summed E-state index contributed by atoms with van der Waals surface area (Å²) >= 11 is 0. The van der Waals surface area contributed by atoms with Gasteiger partial charge in [0.25, 0.3) is 0 Å². The van der Waals surface area contributed by atoms with Crippen LogP contribution in [0.5, 0.6) is 0 Å². The van der Waals surface area contributed by atoms with Crippen molar-refractivity contribution in [3.63, 3.8) is 0 Å². The summed E-state index contributed by atoms with van der Waals surface area (Å²) in [5.74, 6) is -1.83. The Morgan fingerprint density at radius 2 is 1.73 bits per heavy atom. The number of aliphatic hydroxyl groups is 1. The first-order valence-corrected chi connectivity index (χ1v) is 14.0. The van der Waals surface area contributed by atoms with Gasteiger partial charge in [-0.2, -0.15) is 0 Å². The second-order valence-corrected chi connectivity index (χ2v) is 12.8. The van der Waals surface area contributed by atoms with E-state index in [2.05, 4.69) is 15.3 Å². The van der Waals surface area contributed by atoms with E-state index < -0.39 is 35.0 Å². The predicted octanol–water partition coefficient (Wildman–Crippen LogP) is 4.27. The van der Waals surface area contributed by atoms with Crippen LogP contribution in [0, 0.1) is 11.3 Å². The Morgan fingerprint density at radius 1 is 1.05 bits per heavy atom. The van der Waals surface area contributed by atoms with Gasteiger partial charge < -0.3 is 20.1 Å². The maximum absolute atomic E-state index is 13.7. The molecule has 2 aromatic carbocycles. The van der Waals surface area contributed by atoms with Gasteiger partial charge in [0.05, 0.1) is 24.0 Å². The van der Waals surface area contributed by atoms with E-state index in [0.717, 1.165) is 27.6 Å². The molecule has 41 heavy (non-hydrogen) atoms. The van der Waals surface area contributed by atoms with Crippen molar-refractivity contribution in [2.24, 2.45) is 11.3 Å². The molecule has 0 bridgehead atoms. The van der Waals surface area contributed by atoms with Crippen LogP contribution >= 0.6 is 0 Å². The smallest absolute Gasteiger partial charge is 0.307 e. The molecular weight excluding hydrogens is 520 g/mol. The molecule has 1 aliphatic rings. The quantitative estimate of drug-likeness (QED) is 0.414. The molecule has 3 atom stereocenters. The van der Waals surface area contributed by atoms with Crippen molar-refractivity contribution >= 4 is 28.7 Å². The molecule has 2 N–H and O–H groups in total. The summed E-state index contributed by atoms with van der Waals surface area (Å²) < 4.78 is 5.47. The van der Waals surface area contributed by atoms with Gasteiger partial charge in [-0.05, 0) is 55.0 Å². The number of rotatable bonds is 7. The van der Waals surface area contributed by atoms with Crippen LogP contribution in [0.1, 0.15) is 59.9 Å². The molecule has 1 aliphatic heterocycles. The van der Waals surface area contributed by atoms with Crippen LogP contribution in [0.3, 0.4) is 0 Å². The molecule has 9 heteroatoms. The van der Waals surface area contributed by atoms with Crippen LogP contribution in [0.25, 0.3) is 22.0 Å². The minimum Gasteiger partial charge on any atom is -0.460 e. The fourth-order valence-corrected chi connectivity index (χ4v) is 5.11. The second-order valence-electron chi connectivity index (χ2n) is 12.8. The zero-order valence-electron chi connectivity index (χ0n) is 24.7. The van der Waals surface area contributed by atoms with E-state index in [4.69, 9.17) is 4.74 Å². The number of fused-ring (bicyclic) bond motifs is 1. The molecule has 0 spiro atoms. The number of ether oxygens (including phenoxy) is 1. The molecule has 3 aromatic rings. The van der Waals surface area contributed by atoms with E-state index in [0.29, 0.717) is 0 Å². The fraction of sp³-hybridized carbons (Fsp3) is 0.469. The van der Waals surface area contributed by atoms with Crippen LogP contribution in [0.15, 0.2) is 55.0 Å². The maximum Gasteiger partial charge on any atom is 0.307 e. The molecule has 2 amide bonds. The van der Waals surface area contributed by atoms with E-state index in [1.165, 1.54) is 11.2 Å². The Bertz CT molecular complexity index is 1410. The zero-order chi connectivity index (χ0) is 29.9. The predicted molar refractivity (Wildman–Crippen MR) is 156 cm³/mol. The third-order valence-corrected chi connectivity index (χ3v) is 7.26. The van der Waals surface area contributed by atoms with Crippen molar-refractivity contribution in [3.8, 4) is 11.1 Å². The highest BCUT2D eigenvalue weighted by atomic mass is 16.6. The number of nitrogens with one attached hydrogen (secondary N) is 1. The monoisotopic (exact) mass is 560 g/mol. The molecule has 0 radical (unpaired) electrons. The van der Waals surface area contributed by atoms with Gasteiger partial charge in [-0.1, -0.05) is 51.1 Å². The van der Waals surface area contributed by atoms with E-state index in [1.807, 2.05) is 63.2 Å². The number of esters is 1. The van der Waals surface area contributed by atoms with Crippen molar-refractivity contribution in [2.45, 2.75) is 78.7 Å². The zero-order valence-corrected chi connectivity index (χ0v) is 24.7. The lowest BCUT2D eigenvalue weighted by molar-refractivity contribution is -0.161. The number of β-amino-alcohol motifs (C(OH)–C–C–N with tert-alkyl or cyclic N) is 1. The van der Waals surface area contributed by atoms with E-state index in [-0.39, 0.29) is 37.7 Å². The van der Waals surface area contributed by atoms with Crippen molar-refractivity contribution in [2.75, 3.05) is 6.54 Å². The minimum atomic E-state index is -0.819. The Hall–Kier alpha value is -3.85. The molecule has 9 nitrogen and oxygen atoms in total. The number of hydrogen-bond acceptors (Lipinski definition) is 7. The van der Waals surface area contributed by atoms with Gasteiger partial charge >= 0.3 is 5.97 Å². The summed E-state index contributed by atoms with van der Waals surface area (Å²) in [4.78, 5) is 49.3. The number of aromatic nitrogens is 2. The number of hydrogen-bond donors (Lipinski definition) is 2. The maximum atomic E-state index is 13.7. The highest BCUT2D eigenvalue weighted by Crippen LogP contribution is 2.34. The van der Waals surface area contributed by atoms with Crippen molar-refractivity contribution in [1.29, 1.82) is 0 Å². The number of nitrogens with zero attached hydrogens (tertiary/aromatic N) is 3. The summed E-state index contributed by atoms with van der Waals surface area (Å²) in [5.41, 5.74) is 2.63. The molecule has 1 saturated heterocycles. The van der Waals surface area contributed by atoms with Gasteiger partial charge in [0.15, 0.2) is 0 Å². The molecule has 1 aromatic heterocycles. The molecule has 2 heterocycles.